The van der Waals surface area contributed by atoms with Crippen molar-refractivity contribution >= 4 is 175 Å². The van der Waals surface area contributed by atoms with Gasteiger partial charge in [-0.05, 0) is 226 Å². The molecular weight excluding hydrogens is 1410 g/mol. The molecule has 18 aromatic carbocycles. The van der Waals surface area contributed by atoms with Gasteiger partial charge in [-0.2, -0.15) is 0 Å². The summed E-state index contributed by atoms with van der Waals surface area (Å²) >= 11 is 1.82. The molecule has 0 fully saturated rings. The van der Waals surface area contributed by atoms with Crippen LogP contribution in [0.25, 0.3) is 157 Å². The second-order valence-corrected chi connectivity index (χ2v) is 37.6. The molecule has 4 heterocycles. The first-order valence-electron chi connectivity index (χ1n) is 42.2. The van der Waals surface area contributed by atoms with Crippen LogP contribution in [0, 0.1) is 0 Å². The van der Waals surface area contributed by atoms with E-state index in [4.69, 9.17) is 0 Å². The minimum atomic E-state index is -0.690. The first-order chi connectivity index (χ1) is 56.8. The maximum atomic E-state index is 12.3. The van der Waals surface area contributed by atoms with Crippen LogP contribution in [0.1, 0.15) is 109 Å². The van der Waals surface area contributed by atoms with Crippen molar-refractivity contribution in [2.24, 2.45) is 0 Å². The maximum Gasteiger partial charge on any atom is 0.264 e. The van der Waals surface area contributed by atoms with Crippen LogP contribution in [0.15, 0.2) is 315 Å². The average Bonchev–Trinajstić information content (AvgIpc) is 1.30. The maximum absolute atomic E-state index is 12.3. The third-order valence-corrected chi connectivity index (χ3v) is 26.5. The Balaban J connectivity index is 0.983. The Labute approximate surface area is 681 Å². The fourth-order valence-electron chi connectivity index (χ4n) is 19.5. The van der Waals surface area contributed by atoms with Crippen molar-refractivity contribution in [3.8, 4) is 50.2 Å². The van der Waals surface area contributed by atoms with Crippen LogP contribution in [0.2, 0.25) is 0 Å². The quantitative estimate of drug-likeness (QED) is 0.0895. The van der Waals surface area contributed by atoms with E-state index in [2.05, 4.69) is 395 Å². The summed E-state index contributed by atoms with van der Waals surface area (Å²) in [5.74, 6) is 0. The first kappa shape index (κ1) is 66.0. The number of aromatic nitrogens is 1. The summed E-state index contributed by atoms with van der Waals surface area (Å²) in [6.07, 6.45) is 0. The number of nitrogens with zero attached hydrogens (tertiary/aromatic N) is 3. The largest absolute Gasteiger partial charge is 0.310 e. The van der Waals surface area contributed by atoms with Gasteiger partial charge in [0.25, 0.3) is 6.71 Å². The third-order valence-electron chi connectivity index (χ3n) is 25.3. The first-order valence-corrected chi connectivity index (χ1v) is 41.6. The summed E-state index contributed by atoms with van der Waals surface area (Å²) in [5, 5.41) is 19.0. The van der Waals surface area contributed by atoms with Crippen LogP contribution in [-0.4, -0.2) is 11.3 Å². The van der Waals surface area contributed by atoms with Gasteiger partial charge in [0.05, 0.1) is 32.2 Å². The topological polar surface area (TPSA) is 11.4 Å². The van der Waals surface area contributed by atoms with E-state index in [1.807, 2.05) is 11.3 Å². The third kappa shape index (κ3) is 10.5. The standard InChI is InChI=1S/C110H88BN3S/c1-107(2,3)74-49-52-84-96(63-74)115-106-105(84)114(104-87(66-32-17-14-18-33-66)58-76(109(7,8)9)60-90(104)100-81-42-25-21-36-71(81)55-72-37-22-26-43-82(72)100)95-62-77(110(10,11)12)61-94-101(95)111(106)91-53-50-78(112-92-45-28-27-44-83(92)88-56-73-47-46-67-38-29-39-68-48-51-85(102(88)112)98(73)97(67)68)64-93(91)113(94)103-86(65-30-15-13-16-31-65)57-75(108(4,5)6)59-89(103)99-79-40-23-19-34-69(79)54-70-35-20-24-41-80(70)99/h13-64H,1-12H3/i50D,53D,64D. The molecule has 0 unspecified atom stereocenters. The van der Waals surface area contributed by atoms with E-state index in [0.29, 0.717) is 16.8 Å². The summed E-state index contributed by atoms with van der Waals surface area (Å²) < 4.78 is 40.2. The Morgan fingerprint density at radius 2 is 0.757 bits per heavy atom. The highest BCUT2D eigenvalue weighted by atomic mass is 32.1. The predicted molar refractivity (Wildman–Crippen MR) is 500 cm³/mol. The van der Waals surface area contributed by atoms with Crippen LogP contribution in [0.5, 0.6) is 0 Å². The molecule has 2 aliphatic rings. The van der Waals surface area contributed by atoms with Crippen molar-refractivity contribution in [1.29, 1.82) is 0 Å². The Hall–Kier alpha value is -12.5. The van der Waals surface area contributed by atoms with E-state index in [-0.39, 0.29) is 34.4 Å². The number of benzene rings is 18. The molecule has 0 bridgehead atoms. The molecule has 0 saturated carbocycles. The molecule has 552 valence electrons. The molecule has 2 aliphatic heterocycles. The molecule has 0 amide bonds. The molecule has 0 saturated heterocycles. The van der Waals surface area contributed by atoms with E-state index in [1.165, 1.54) is 16.5 Å². The molecule has 22 rings (SSSR count). The van der Waals surface area contributed by atoms with Gasteiger partial charge in [-0.25, -0.2) is 0 Å². The molecule has 3 nitrogen and oxygen atoms in total. The Bertz CT molecular complexity index is 7590. The lowest BCUT2D eigenvalue weighted by Crippen LogP contribution is -2.60. The molecule has 0 aliphatic carbocycles. The van der Waals surface area contributed by atoms with Crippen molar-refractivity contribution in [3.05, 3.63) is 338 Å². The van der Waals surface area contributed by atoms with E-state index < -0.39 is 12.1 Å². The SMILES string of the molecule is [2H]c1c([2H])c(-n2c3ccccc3c3cc4ccc5cccc6ccc(c4c56)c32)c([2H])c2c1B1c3sc4cc(C(C)(C)C)ccc4c3N(c3c(-c4ccccc4)cc(C(C)(C)C)cc3-c3c4ccccc4cc4ccccc34)c3cc(C(C)(C)C)cc(c31)N2c1c(-c2ccccc2)cc(C(C)(C)C)cc1-c1c2ccccc2cc2ccccc12. The number of para-hydroxylation sites is 1. The van der Waals surface area contributed by atoms with Gasteiger partial charge in [-0.3, -0.25) is 0 Å². The summed E-state index contributed by atoms with van der Waals surface area (Å²) in [7, 11) is 0. The number of hydrogen-bond donors (Lipinski definition) is 0. The molecule has 0 atom stereocenters. The van der Waals surface area contributed by atoms with Crippen LogP contribution in [-0.2, 0) is 21.7 Å². The second kappa shape index (κ2) is 25.0. The van der Waals surface area contributed by atoms with Crippen molar-refractivity contribution in [2.75, 3.05) is 9.80 Å². The highest BCUT2D eigenvalue weighted by Gasteiger charge is 2.49. The van der Waals surface area contributed by atoms with Gasteiger partial charge in [-0.1, -0.05) is 320 Å². The minimum absolute atomic E-state index is 0.00523. The van der Waals surface area contributed by atoms with Gasteiger partial charge >= 0.3 is 0 Å². The van der Waals surface area contributed by atoms with Crippen molar-refractivity contribution in [2.45, 2.75) is 105 Å². The minimum Gasteiger partial charge on any atom is -0.310 e. The average molecular weight is 1500 g/mol. The summed E-state index contributed by atoms with van der Waals surface area (Å²) in [6, 6.07) is 111. The molecular formula is C110H88BN3S. The Kier molecular flexibility index (Phi) is 14.3. The normalized spacial score (nSPS) is 13.7. The lowest BCUT2D eigenvalue weighted by atomic mass is 9.36. The molecule has 115 heavy (non-hydrogen) atoms. The number of fused-ring (bicyclic) bond motifs is 14. The lowest BCUT2D eigenvalue weighted by Gasteiger charge is -2.46. The molecule has 0 N–H and O–H groups in total. The van der Waals surface area contributed by atoms with E-state index >= 15 is 0 Å². The van der Waals surface area contributed by atoms with E-state index in [0.717, 1.165) is 196 Å². The van der Waals surface area contributed by atoms with Gasteiger partial charge in [0, 0.05) is 76.0 Å². The number of thiophene rings is 1. The van der Waals surface area contributed by atoms with Gasteiger partial charge in [0.1, 0.15) is 0 Å². The van der Waals surface area contributed by atoms with Gasteiger partial charge < -0.3 is 14.4 Å². The highest BCUT2D eigenvalue weighted by molar-refractivity contribution is 7.33. The zero-order valence-electron chi connectivity index (χ0n) is 70.1. The smallest absolute Gasteiger partial charge is 0.264 e. The van der Waals surface area contributed by atoms with Crippen LogP contribution in [0.4, 0.5) is 34.1 Å². The lowest BCUT2D eigenvalue weighted by molar-refractivity contribution is 0.590. The molecule has 20 aromatic rings. The summed E-state index contributed by atoms with van der Waals surface area (Å²) in [5.41, 5.74) is 21.1. The van der Waals surface area contributed by atoms with E-state index in [1.54, 1.807) is 0 Å². The zero-order chi connectivity index (χ0) is 80.6. The zero-order valence-corrected chi connectivity index (χ0v) is 67.9. The van der Waals surface area contributed by atoms with Crippen molar-refractivity contribution in [1.82, 2.24) is 4.57 Å². The number of rotatable bonds is 7. The Morgan fingerprint density at radius 3 is 1.30 bits per heavy atom. The summed E-state index contributed by atoms with van der Waals surface area (Å²) in [4.78, 5) is 5.21. The molecule has 2 aromatic heterocycles. The fourth-order valence-corrected chi connectivity index (χ4v) is 20.8. The predicted octanol–water partition coefficient (Wildman–Crippen LogP) is 29.4. The van der Waals surface area contributed by atoms with Crippen LogP contribution in [0.3, 0.4) is 0 Å². The van der Waals surface area contributed by atoms with Crippen LogP contribution >= 0.6 is 11.3 Å². The second-order valence-electron chi connectivity index (χ2n) is 36.5. The molecule has 0 spiro atoms. The molecule has 0 radical (unpaired) electrons. The fraction of sp³-hybridized carbons (Fsp3) is 0.145. The van der Waals surface area contributed by atoms with E-state index in [9.17, 15) is 4.11 Å². The van der Waals surface area contributed by atoms with Crippen molar-refractivity contribution < 1.29 is 4.11 Å². The van der Waals surface area contributed by atoms with Gasteiger partial charge in [-0.15, -0.1) is 11.3 Å². The van der Waals surface area contributed by atoms with Crippen molar-refractivity contribution in [3.63, 3.8) is 0 Å². The van der Waals surface area contributed by atoms with Crippen LogP contribution < -0.4 is 25.5 Å². The molecule has 5 heteroatoms. The van der Waals surface area contributed by atoms with Gasteiger partial charge in [0.15, 0.2) is 0 Å². The highest BCUT2D eigenvalue weighted by Crippen LogP contribution is 2.59. The number of hydrogen-bond acceptors (Lipinski definition) is 3. The van der Waals surface area contributed by atoms with Gasteiger partial charge in [0.2, 0.25) is 0 Å². The monoisotopic (exact) mass is 1500 g/mol. The summed E-state index contributed by atoms with van der Waals surface area (Å²) in [6.45, 7) is 27.4. The number of anilines is 6. The Morgan fingerprint density at radius 1 is 0.313 bits per heavy atom.